The molecule has 1 aliphatic carbocycles. The van der Waals surface area contributed by atoms with E-state index in [4.69, 9.17) is 0 Å². The molecule has 0 atom stereocenters. The molecule has 0 aliphatic heterocycles. The second kappa shape index (κ2) is 6.20. The van der Waals surface area contributed by atoms with Crippen molar-refractivity contribution >= 4 is 27.5 Å². The largest absolute Gasteiger partial charge is 0.349 e. The summed E-state index contributed by atoms with van der Waals surface area (Å²) in [7, 11) is 0. The summed E-state index contributed by atoms with van der Waals surface area (Å²) >= 11 is 1.32. The first kappa shape index (κ1) is 15.2. The molecule has 0 aromatic carbocycles. The van der Waals surface area contributed by atoms with Crippen LogP contribution in [-0.2, 0) is 6.54 Å². The Morgan fingerprint density at radius 3 is 2.82 bits per heavy atom. The summed E-state index contributed by atoms with van der Waals surface area (Å²) in [4.78, 5) is 30.5. The van der Waals surface area contributed by atoms with Gasteiger partial charge in [0.15, 0.2) is 0 Å². The number of hydrogen-bond donors (Lipinski definition) is 1. The highest BCUT2D eigenvalue weighted by Crippen LogP contribution is 2.27. The molecule has 1 amide bonds. The van der Waals surface area contributed by atoms with Crippen LogP contribution in [0.5, 0.6) is 0 Å². The topological polar surface area (TPSA) is 64.0 Å². The lowest BCUT2D eigenvalue weighted by Gasteiger charge is -2.22. The normalized spacial score (nSPS) is 16.1. The minimum absolute atomic E-state index is 0.0574. The molecule has 0 spiro atoms. The number of amides is 1. The van der Waals surface area contributed by atoms with E-state index in [1.54, 1.807) is 10.9 Å². The van der Waals surface area contributed by atoms with E-state index in [0.717, 1.165) is 18.4 Å². The third-order valence-corrected chi connectivity index (χ3v) is 5.60. The van der Waals surface area contributed by atoms with E-state index in [-0.39, 0.29) is 17.5 Å². The van der Waals surface area contributed by atoms with Gasteiger partial charge < -0.3 is 5.32 Å². The molecule has 0 saturated heterocycles. The molecule has 0 unspecified atom stereocenters. The Hall–Kier alpha value is -1.69. The number of aryl methyl sites for hydroxylation is 2. The predicted octanol–water partition coefficient (Wildman–Crippen LogP) is 2.85. The highest BCUT2D eigenvalue weighted by molar-refractivity contribution is 7.20. The average Bonchev–Trinajstić information content (AvgIpc) is 2.86. The van der Waals surface area contributed by atoms with Gasteiger partial charge in [0.1, 0.15) is 4.83 Å². The van der Waals surface area contributed by atoms with Crippen molar-refractivity contribution in [3.8, 4) is 0 Å². The van der Waals surface area contributed by atoms with Crippen molar-refractivity contribution in [1.29, 1.82) is 0 Å². The Labute approximate surface area is 133 Å². The molecule has 1 fully saturated rings. The van der Waals surface area contributed by atoms with E-state index in [1.165, 1.54) is 30.6 Å². The Bertz CT molecular complexity index is 757. The molecule has 22 heavy (non-hydrogen) atoms. The zero-order valence-corrected chi connectivity index (χ0v) is 13.8. The summed E-state index contributed by atoms with van der Waals surface area (Å²) in [5.74, 6) is -0.0603. The Balaban J connectivity index is 1.93. The second-order valence-corrected chi connectivity index (χ2v) is 6.88. The molecule has 6 heteroatoms. The van der Waals surface area contributed by atoms with Gasteiger partial charge in [-0.3, -0.25) is 14.2 Å². The standard InChI is InChI=1S/C16H21N3O2S/c1-3-19-9-17-15-12(16(19)21)10(2)13(22-15)14(20)18-11-7-5-4-6-8-11/h9,11H,3-8H2,1-2H3,(H,18,20). The summed E-state index contributed by atoms with van der Waals surface area (Å²) in [5, 5.41) is 3.71. The lowest BCUT2D eigenvalue weighted by molar-refractivity contribution is 0.0931. The van der Waals surface area contributed by atoms with Crippen molar-refractivity contribution in [3.05, 3.63) is 27.1 Å². The van der Waals surface area contributed by atoms with Crippen LogP contribution in [-0.4, -0.2) is 21.5 Å². The van der Waals surface area contributed by atoms with Gasteiger partial charge in [-0.05, 0) is 32.3 Å². The maximum Gasteiger partial charge on any atom is 0.262 e. The first-order chi connectivity index (χ1) is 10.6. The van der Waals surface area contributed by atoms with Crippen LogP contribution in [0.15, 0.2) is 11.1 Å². The van der Waals surface area contributed by atoms with E-state index in [2.05, 4.69) is 10.3 Å². The third-order valence-electron chi connectivity index (χ3n) is 4.40. The number of carbonyl (C=O) groups is 1. The average molecular weight is 319 g/mol. The number of nitrogens with zero attached hydrogens (tertiary/aromatic N) is 2. The third kappa shape index (κ3) is 2.67. The number of rotatable bonds is 3. The number of hydrogen-bond acceptors (Lipinski definition) is 4. The molecule has 1 N–H and O–H groups in total. The molecular weight excluding hydrogens is 298 g/mol. The van der Waals surface area contributed by atoms with Crippen molar-refractivity contribution in [3.63, 3.8) is 0 Å². The Kier molecular flexibility index (Phi) is 4.29. The van der Waals surface area contributed by atoms with Gasteiger partial charge >= 0.3 is 0 Å². The fourth-order valence-electron chi connectivity index (χ4n) is 3.10. The van der Waals surface area contributed by atoms with E-state index >= 15 is 0 Å². The Morgan fingerprint density at radius 2 is 2.14 bits per heavy atom. The minimum Gasteiger partial charge on any atom is -0.349 e. The lowest BCUT2D eigenvalue weighted by Crippen LogP contribution is -2.36. The maximum atomic E-state index is 12.5. The van der Waals surface area contributed by atoms with E-state index in [0.29, 0.717) is 21.6 Å². The van der Waals surface area contributed by atoms with Gasteiger partial charge in [-0.15, -0.1) is 11.3 Å². The van der Waals surface area contributed by atoms with E-state index in [9.17, 15) is 9.59 Å². The van der Waals surface area contributed by atoms with Crippen molar-refractivity contribution in [1.82, 2.24) is 14.9 Å². The number of nitrogens with one attached hydrogen (secondary N) is 1. The van der Waals surface area contributed by atoms with Crippen LogP contribution in [0.2, 0.25) is 0 Å². The zero-order valence-electron chi connectivity index (χ0n) is 13.0. The summed E-state index contributed by atoms with van der Waals surface area (Å²) in [6.45, 7) is 4.34. The maximum absolute atomic E-state index is 12.5. The van der Waals surface area contributed by atoms with Crippen molar-refractivity contribution in [2.75, 3.05) is 0 Å². The molecule has 118 valence electrons. The summed E-state index contributed by atoms with van der Waals surface area (Å²) in [6, 6.07) is 0.270. The molecular formula is C16H21N3O2S. The zero-order chi connectivity index (χ0) is 15.7. The van der Waals surface area contributed by atoms with Gasteiger partial charge in [0.2, 0.25) is 0 Å². The van der Waals surface area contributed by atoms with Gasteiger partial charge in [-0.25, -0.2) is 4.98 Å². The minimum atomic E-state index is -0.0603. The van der Waals surface area contributed by atoms with Crippen LogP contribution >= 0.6 is 11.3 Å². The smallest absolute Gasteiger partial charge is 0.262 e. The first-order valence-corrected chi connectivity index (χ1v) is 8.73. The van der Waals surface area contributed by atoms with Crippen LogP contribution in [0.25, 0.3) is 10.2 Å². The van der Waals surface area contributed by atoms with E-state index < -0.39 is 0 Å². The van der Waals surface area contributed by atoms with Crippen LogP contribution in [0.1, 0.15) is 54.3 Å². The summed E-state index contributed by atoms with van der Waals surface area (Å²) in [6.07, 6.45) is 7.28. The molecule has 0 bridgehead atoms. The van der Waals surface area contributed by atoms with Gasteiger partial charge in [0.25, 0.3) is 11.5 Å². The number of aromatic nitrogens is 2. The number of thiophene rings is 1. The summed E-state index contributed by atoms with van der Waals surface area (Å²) < 4.78 is 1.57. The molecule has 2 heterocycles. The Morgan fingerprint density at radius 1 is 1.41 bits per heavy atom. The highest BCUT2D eigenvalue weighted by Gasteiger charge is 2.22. The SMILES string of the molecule is CCn1cnc2sc(C(=O)NC3CCCCC3)c(C)c2c1=O. The van der Waals surface area contributed by atoms with Crippen LogP contribution in [0, 0.1) is 6.92 Å². The van der Waals surface area contributed by atoms with Crippen molar-refractivity contribution < 1.29 is 4.79 Å². The van der Waals surface area contributed by atoms with Crippen LogP contribution < -0.4 is 10.9 Å². The van der Waals surface area contributed by atoms with Gasteiger partial charge in [0.05, 0.1) is 16.6 Å². The fraction of sp³-hybridized carbons (Fsp3) is 0.562. The second-order valence-electron chi connectivity index (χ2n) is 5.88. The quantitative estimate of drug-likeness (QED) is 0.946. The van der Waals surface area contributed by atoms with Gasteiger partial charge in [0, 0.05) is 12.6 Å². The number of fused-ring (bicyclic) bond motifs is 1. The molecule has 1 aliphatic rings. The highest BCUT2D eigenvalue weighted by atomic mass is 32.1. The first-order valence-electron chi connectivity index (χ1n) is 7.91. The fourth-order valence-corrected chi connectivity index (χ4v) is 4.14. The van der Waals surface area contributed by atoms with Gasteiger partial charge in [-0.1, -0.05) is 19.3 Å². The monoisotopic (exact) mass is 319 g/mol. The molecule has 3 rings (SSSR count). The summed E-state index contributed by atoms with van der Waals surface area (Å²) in [5.41, 5.74) is 0.701. The molecule has 5 nitrogen and oxygen atoms in total. The molecule has 1 saturated carbocycles. The van der Waals surface area contributed by atoms with Gasteiger partial charge in [-0.2, -0.15) is 0 Å². The van der Waals surface area contributed by atoms with Crippen molar-refractivity contribution in [2.24, 2.45) is 0 Å². The number of carbonyl (C=O) groups excluding carboxylic acids is 1. The molecule has 2 aromatic rings. The van der Waals surface area contributed by atoms with Crippen LogP contribution in [0.3, 0.4) is 0 Å². The van der Waals surface area contributed by atoms with E-state index in [1.807, 2.05) is 13.8 Å². The molecule has 0 radical (unpaired) electrons. The lowest BCUT2D eigenvalue weighted by atomic mass is 9.95. The predicted molar refractivity (Wildman–Crippen MR) is 88.6 cm³/mol. The van der Waals surface area contributed by atoms with Crippen molar-refractivity contribution in [2.45, 2.75) is 58.5 Å². The van der Waals surface area contributed by atoms with Crippen LogP contribution in [0.4, 0.5) is 0 Å². The molecule has 2 aromatic heterocycles.